The van der Waals surface area contributed by atoms with Gasteiger partial charge in [0.15, 0.2) is 0 Å². The molecule has 1 aromatic carbocycles. The van der Waals surface area contributed by atoms with Crippen LogP contribution in [0.4, 0.5) is 0 Å². The van der Waals surface area contributed by atoms with Gasteiger partial charge in [-0.1, -0.05) is 46.9 Å². The molecule has 0 N–H and O–H groups in total. The average molecular weight is 299 g/mol. The van der Waals surface area contributed by atoms with Crippen LogP contribution in [-0.2, 0) is 0 Å². The van der Waals surface area contributed by atoms with E-state index in [1.54, 1.807) is 24.3 Å². The van der Waals surface area contributed by atoms with Gasteiger partial charge in [-0.3, -0.25) is 10.1 Å². The first-order chi connectivity index (χ1) is 7.84. The molecule has 0 aliphatic rings. The predicted molar refractivity (Wildman–Crippen MR) is 67.9 cm³/mol. The lowest BCUT2D eigenvalue weighted by Gasteiger charge is -2.21. The average Bonchev–Trinajstić information content (AvgIpc) is 2.24. The highest BCUT2D eigenvalue weighted by Crippen LogP contribution is 2.41. The van der Waals surface area contributed by atoms with Gasteiger partial charge in [0.25, 0.3) is 0 Å². The van der Waals surface area contributed by atoms with Crippen LogP contribution in [0.3, 0.4) is 0 Å². The van der Waals surface area contributed by atoms with Gasteiger partial charge in [0.1, 0.15) is 5.75 Å². The third-order valence-corrected chi connectivity index (χ3v) is 3.04. The first kappa shape index (κ1) is 14.4. The number of nitro groups is 1. The fourth-order valence-electron chi connectivity index (χ4n) is 1.38. The Hall–Kier alpha value is -0.710. The van der Waals surface area contributed by atoms with Crippen LogP contribution in [0.15, 0.2) is 24.3 Å². The van der Waals surface area contributed by atoms with Gasteiger partial charge in [0.05, 0.1) is 13.0 Å². The maximum Gasteiger partial charge on any atom is 0.214 e. The number of ether oxygens (including phenoxy) is 1. The number of hydrogen-bond donors (Lipinski definition) is 0. The molecule has 0 heterocycles. The molecule has 0 bridgehead atoms. The summed E-state index contributed by atoms with van der Waals surface area (Å²) in [6, 6.07) is 6.63. The third kappa shape index (κ3) is 4.22. The highest BCUT2D eigenvalue weighted by molar-refractivity contribution is 6.68. The van der Waals surface area contributed by atoms with Gasteiger partial charge in [-0.2, -0.15) is 0 Å². The molecule has 0 radical (unpaired) electrons. The summed E-state index contributed by atoms with van der Waals surface area (Å²) in [4.78, 5) is 10.1. The van der Waals surface area contributed by atoms with Gasteiger partial charge in [-0.15, -0.1) is 0 Å². The molecule has 0 saturated heterocycles. The van der Waals surface area contributed by atoms with Crippen LogP contribution in [0.5, 0.6) is 5.75 Å². The number of rotatable bonds is 4. The summed E-state index contributed by atoms with van der Waals surface area (Å²) in [6.07, 6.45) is 0. The summed E-state index contributed by atoms with van der Waals surface area (Å²) >= 11 is 17.2. The van der Waals surface area contributed by atoms with E-state index in [2.05, 4.69) is 0 Å². The second-order valence-electron chi connectivity index (χ2n) is 3.38. The summed E-state index contributed by atoms with van der Waals surface area (Å²) in [6.45, 7) is -0.442. The van der Waals surface area contributed by atoms with Crippen molar-refractivity contribution in [3.8, 4) is 5.75 Å². The van der Waals surface area contributed by atoms with E-state index in [-0.39, 0.29) is 0 Å². The number of alkyl halides is 3. The van der Waals surface area contributed by atoms with Crippen LogP contribution in [0.1, 0.15) is 11.5 Å². The topological polar surface area (TPSA) is 52.4 Å². The van der Waals surface area contributed by atoms with E-state index < -0.39 is 21.2 Å². The zero-order valence-electron chi connectivity index (χ0n) is 8.90. The van der Waals surface area contributed by atoms with E-state index >= 15 is 0 Å². The molecule has 0 aromatic heterocycles. The summed E-state index contributed by atoms with van der Waals surface area (Å²) in [5, 5.41) is 10.6. The molecule has 17 heavy (non-hydrogen) atoms. The number of hydrogen-bond acceptors (Lipinski definition) is 3. The fraction of sp³-hybridized carbons (Fsp3) is 0.400. The predicted octanol–water partition coefficient (Wildman–Crippen LogP) is 3.43. The molecule has 0 saturated carbocycles. The number of methoxy groups -OCH3 is 1. The van der Waals surface area contributed by atoms with Crippen molar-refractivity contribution in [3.05, 3.63) is 39.9 Å². The Morgan fingerprint density at radius 3 is 2.24 bits per heavy atom. The van der Waals surface area contributed by atoms with Gasteiger partial charge in [0.2, 0.25) is 10.3 Å². The molecule has 0 spiro atoms. The van der Waals surface area contributed by atoms with Crippen LogP contribution < -0.4 is 4.74 Å². The van der Waals surface area contributed by atoms with Crippen molar-refractivity contribution in [2.45, 2.75) is 9.71 Å². The summed E-state index contributed by atoms with van der Waals surface area (Å²) in [5.41, 5.74) is 0.586. The Balaban J connectivity index is 3.00. The SMILES string of the molecule is COc1ccc([C@H](C[N+](=O)[O-])C(Cl)(Cl)Cl)cc1. The molecule has 0 aliphatic heterocycles. The molecule has 1 atom stereocenters. The van der Waals surface area contributed by atoms with Gasteiger partial charge >= 0.3 is 0 Å². The second-order valence-corrected chi connectivity index (χ2v) is 5.75. The summed E-state index contributed by atoms with van der Waals surface area (Å²) < 4.78 is 3.26. The van der Waals surface area contributed by atoms with E-state index in [1.807, 2.05) is 0 Å². The van der Waals surface area contributed by atoms with Crippen molar-refractivity contribution in [1.29, 1.82) is 0 Å². The van der Waals surface area contributed by atoms with Crippen LogP contribution in [0.2, 0.25) is 0 Å². The maximum absolute atomic E-state index is 10.6. The number of nitrogens with zero attached hydrogens (tertiary/aromatic N) is 1. The molecule has 4 nitrogen and oxygen atoms in total. The van der Waals surface area contributed by atoms with Crippen LogP contribution in [-0.4, -0.2) is 22.4 Å². The summed E-state index contributed by atoms with van der Waals surface area (Å²) in [5.74, 6) is -0.161. The molecular formula is C10H10Cl3NO3. The Morgan fingerprint density at radius 2 is 1.88 bits per heavy atom. The Kier molecular flexibility index (Phi) is 4.86. The van der Waals surface area contributed by atoms with E-state index in [0.717, 1.165) is 0 Å². The van der Waals surface area contributed by atoms with Gasteiger partial charge < -0.3 is 4.74 Å². The van der Waals surface area contributed by atoms with Crippen molar-refractivity contribution in [3.63, 3.8) is 0 Å². The monoisotopic (exact) mass is 297 g/mol. The van der Waals surface area contributed by atoms with E-state index in [0.29, 0.717) is 11.3 Å². The molecule has 7 heteroatoms. The van der Waals surface area contributed by atoms with Crippen molar-refractivity contribution < 1.29 is 9.66 Å². The second kappa shape index (κ2) is 5.76. The zero-order valence-corrected chi connectivity index (χ0v) is 11.2. The first-order valence-electron chi connectivity index (χ1n) is 4.67. The van der Waals surface area contributed by atoms with Gasteiger partial charge in [-0.25, -0.2) is 0 Å². The highest BCUT2D eigenvalue weighted by Gasteiger charge is 2.37. The largest absolute Gasteiger partial charge is 0.497 e. The smallest absolute Gasteiger partial charge is 0.214 e. The lowest BCUT2D eigenvalue weighted by Crippen LogP contribution is -2.25. The van der Waals surface area contributed by atoms with E-state index in [9.17, 15) is 10.1 Å². The zero-order chi connectivity index (χ0) is 13.1. The number of halogens is 3. The Morgan fingerprint density at radius 1 is 1.35 bits per heavy atom. The molecule has 0 amide bonds. The molecule has 1 aromatic rings. The molecule has 0 fully saturated rings. The molecular weight excluding hydrogens is 288 g/mol. The Labute approximate surface area is 114 Å². The van der Waals surface area contributed by atoms with Crippen LogP contribution >= 0.6 is 34.8 Å². The van der Waals surface area contributed by atoms with Crippen molar-refractivity contribution in [2.24, 2.45) is 0 Å². The normalized spacial score (nSPS) is 13.2. The molecule has 0 unspecified atom stereocenters. The van der Waals surface area contributed by atoms with Crippen LogP contribution in [0.25, 0.3) is 0 Å². The lowest BCUT2D eigenvalue weighted by molar-refractivity contribution is -0.483. The quantitative estimate of drug-likeness (QED) is 0.486. The number of benzene rings is 1. The molecule has 0 aliphatic carbocycles. The van der Waals surface area contributed by atoms with E-state index in [1.165, 1.54) is 7.11 Å². The minimum atomic E-state index is -1.72. The van der Waals surface area contributed by atoms with Crippen molar-refractivity contribution in [1.82, 2.24) is 0 Å². The van der Waals surface area contributed by atoms with Crippen molar-refractivity contribution >= 4 is 34.8 Å². The van der Waals surface area contributed by atoms with Crippen molar-refractivity contribution in [2.75, 3.05) is 13.7 Å². The first-order valence-corrected chi connectivity index (χ1v) is 5.80. The highest BCUT2D eigenvalue weighted by atomic mass is 35.6. The van der Waals surface area contributed by atoms with Crippen LogP contribution in [0, 0.1) is 10.1 Å². The molecule has 94 valence electrons. The third-order valence-electron chi connectivity index (χ3n) is 2.24. The minimum Gasteiger partial charge on any atom is -0.497 e. The minimum absolute atomic E-state index is 0.442. The Bertz CT molecular complexity index is 389. The summed E-state index contributed by atoms with van der Waals surface area (Å²) in [7, 11) is 1.53. The van der Waals surface area contributed by atoms with Gasteiger partial charge in [-0.05, 0) is 17.7 Å². The standard InChI is InChI=1S/C10H10Cl3NO3/c1-17-8-4-2-7(3-5-8)9(6-14(15)16)10(11,12)13/h2-5,9H,6H2,1H3/t9-/m0/s1. The maximum atomic E-state index is 10.6. The lowest BCUT2D eigenvalue weighted by atomic mass is 10.0. The fourth-order valence-corrected chi connectivity index (χ4v) is 1.97. The van der Waals surface area contributed by atoms with E-state index in [4.69, 9.17) is 39.5 Å². The molecule has 1 rings (SSSR count). The van der Waals surface area contributed by atoms with Gasteiger partial charge in [0, 0.05) is 4.92 Å².